The molecular formula is C25H33IO6. The molecule has 4 rings (SSSR count). The van der Waals surface area contributed by atoms with E-state index >= 15 is 0 Å². The van der Waals surface area contributed by atoms with Crippen LogP contribution in [0.25, 0.3) is 0 Å². The lowest BCUT2D eigenvalue weighted by molar-refractivity contribution is -0.176. The van der Waals surface area contributed by atoms with Gasteiger partial charge in [-0.1, -0.05) is 35.1 Å². The smallest absolute Gasteiger partial charge is 0.303 e. The lowest BCUT2D eigenvalue weighted by Gasteiger charge is -2.60. The number of ketones is 2. The number of fused-ring (bicyclic) bond motifs is 5. The fourth-order valence-electron chi connectivity index (χ4n) is 7.77. The predicted octanol–water partition coefficient (Wildman–Crippen LogP) is 4.22. The van der Waals surface area contributed by atoms with Crippen molar-refractivity contribution in [1.29, 1.82) is 0 Å². The zero-order chi connectivity index (χ0) is 23.3. The Labute approximate surface area is 203 Å². The van der Waals surface area contributed by atoms with E-state index in [0.717, 1.165) is 36.5 Å². The third kappa shape index (κ3) is 3.86. The van der Waals surface area contributed by atoms with Crippen molar-refractivity contribution >= 4 is 46.1 Å². The van der Waals surface area contributed by atoms with Gasteiger partial charge in [0.2, 0.25) is 0 Å². The summed E-state index contributed by atoms with van der Waals surface area (Å²) in [6, 6.07) is 0. The summed E-state index contributed by atoms with van der Waals surface area (Å²) < 4.78 is 11.9. The van der Waals surface area contributed by atoms with Crippen molar-refractivity contribution in [2.24, 2.45) is 34.5 Å². The second-order valence-electron chi connectivity index (χ2n) is 10.5. The lowest BCUT2D eigenvalue weighted by atomic mass is 9.45. The molecule has 0 bridgehead atoms. The first-order valence-electron chi connectivity index (χ1n) is 11.8. The molecule has 7 atom stereocenters. The van der Waals surface area contributed by atoms with Gasteiger partial charge in [-0.2, -0.15) is 0 Å². The number of halogens is 1. The maximum absolute atomic E-state index is 13.1. The van der Waals surface area contributed by atoms with E-state index in [0.29, 0.717) is 24.7 Å². The van der Waals surface area contributed by atoms with Crippen LogP contribution in [0.5, 0.6) is 0 Å². The minimum atomic E-state index is -0.440. The molecule has 6 nitrogen and oxygen atoms in total. The first-order chi connectivity index (χ1) is 15.1. The highest BCUT2D eigenvalue weighted by atomic mass is 127. The standard InChI is InChI=1S/C25H33IO6/c1-14(27)31-12-21(30)20-7-6-19-18-5-4-16-10-17(29)8-9-24(16,3)23(18)22(32-15(2)28)11-25(19,20)13-26/h10,18-20,22-23H,4-9,11-13H2,1-3H3/t18-,19-,20+,22-,23+,24-,25+/m0/s1. The van der Waals surface area contributed by atoms with Crippen LogP contribution in [0.4, 0.5) is 0 Å². The quantitative estimate of drug-likeness (QED) is 0.286. The molecule has 0 aliphatic heterocycles. The van der Waals surface area contributed by atoms with Gasteiger partial charge in [0.25, 0.3) is 0 Å². The number of alkyl halides is 1. The fraction of sp³-hybridized carbons (Fsp3) is 0.760. The number of allylic oxidation sites excluding steroid dienone is 1. The highest BCUT2D eigenvalue weighted by Crippen LogP contribution is 2.67. The van der Waals surface area contributed by atoms with Gasteiger partial charge in [-0.25, -0.2) is 0 Å². The van der Waals surface area contributed by atoms with Crippen molar-refractivity contribution in [2.45, 2.75) is 71.8 Å². The van der Waals surface area contributed by atoms with Crippen LogP contribution < -0.4 is 0 Å². The summed E-state index contributed by atoms with van der Waals surface area (Å²) in [6.45, 7) is 4.86. The van der Waals surface area contributed by atoms with Crippen molar-refractivity contribution in [3.8, 4) is 0 Å². The zero-order valence-corrected chi connectivity index (χ0v) is 21.3. The van der Waals surface area contributed by atoms with E-state index in [1.54, 1.807) is 0 Å². The number of hydrogen-bond acceptors (Lipinski definition) is 6. The first-order valence-corrected chi connectivity index (χ1v) is 13.3. The summed E-state index contributed by atoms with van der Waals surface area (Å²) >= 11 is 2.40. The molecule has 4 aliphatic carbocycles. The molecule has 0 unspecified atom stereocenters. The summed E-state index contributed by atoms with van der Waals surface area (Å²) in [5.74, 6) is 0.179. The van der Waals surface area contributed by atoms with Gasteiger partial charge in [0, 0.05) is 36.5 Å². The molecule has 32 heavy (non-hydrogen) atoms. The number of esters is 2. The van der Waals surface area contributed by atoms with Gasteiger partial charge in [0.05, 0.1) is 0 Å². The number of carbonyl (C=O) groups is 4. The SMILES string of the molecule is CC(=O)OCC(=O)[C@H]1CC[C@H]2[C@@H]3CCC4=CC(=O)CC[C@]4(C)[C@H]3[C@@H](OC(C)=O)C[C@]12CI. The Morgan fingerprint density at radius 3 is 2.53 bits per heavy atom. The average molecular weight is 556 g/mol. The van der Waals surface area contributed by atoms with Crippen molar-refractivity contribution in [2.75, 3.05) is 11.0 Å². The Bertz CT molecular complexity index is 864. The summed E-state index contributed by atoms with van der Waals surface area (Å²) in [4.78, 5) is 48.8. The van der Waals surface area contributed by atoms with E-state index in [1.165, 1.54) is 19.4 Å². The van der Waals surface area contributed by atoms with E-state index in [9.17, 15) is 19.2 Å². The molecule has 0 spiro atoms. The second kappa shape index (κ2) is 8.84. The van der Waals surface area contributed by atoms with Gasteiger partial charge in [-0.05, 0) is 67.3 Å². The van der Waals surface area contributed by atoms with Crippen LogP contribution >= 0.6 is 22.6 Å². The topological polar surface area (TPSA) is 86.7 Å². The number of ether oxygens (including phenoxy) is 2. The Morgan fingerprint density at radius 2 is 1.88 bits per heavy atom. The molecule has 3 fully saturated rings. The highest BCUT2D eigenvalue weighted by molar-refractivity contribution is 14.1. The van der Waals surface area contributed by atoms with Gasteiger partial charge >= 0.3 is 11.9 Å². The second-order valence-corrected chi connectivity index (χ2v) is 11.2. The highest BCUT2D eigenvalue weighted by Gasteiger charge is 2.65. The Kier molecular flexibility index (Phi) is 6.60. The summed E-state index contributed by atoms with van der Waals surface area (Å²) in [5, 5.41) is 0. The normalized spacial score (nSPS) is 40.4. The van der Waals surface area contributed by atoms with E-state index in [-0.39, 0.29) is 52.9 Å². The monoisotopic (exact) mass is 556 g/mol. The van der Waals surface area contributed by atoms with E-state index in [2.05, 4.69) is 29.5 Å². The van der Waals surface area contributed by atoms with Crippen molar-refractivity contribution in [3.05, 3.63) is 11.6 Å². The summed E-state index contributed by atoms with van der Waals surface area (Å²) in [6.07, 6.45) is 7.22. The molecule has 0 aromatic rings. The first kappa shape index (κ1) is 23.9. The number of carbonyl (C=O) groups excluding carboxylic acids is 4. The van der Waals surface area contributed by atoms with Gasteiger partial charge in [-0.3, -0.25) is 19.2 Å². The third-order valence-corrected chi connectivity index (χ3v) is 10.4. The molecule has 0 aromatic heterocycles. The average Bonchev–Trinajstić information content (AvgIpc) is 3.11. The molecule has 7 heteroatoms. The van der Waals surface area contributed by atoms with E-state index < -0.39 is 5.97 Å². The van der Waals surface area contributed by atoms with Crippen LogP contribution in [0.15, 0.2) is 11.6 Å². The molecule has 4 aliphatic rings. The van der Waals surface area contributed by atoms with Gasteiger partial charge in [-0.15, -0.1) is 0 Å². The molecule has 3 saturated carbocycles. The van der Waals surface area contributed by atoms with Gasteiger partial charge < -0.3 is 9.47 Å². The predicted molar refractivity (Wildman–Crippen MR) is 126 cm³/mol. The minimum absolute atomic E-state index is 0.00902. The Hall–Kier alpha value is -1.25. The van der Waals surface area contributed by atoms with Crippen molar-refractivity contribution in [3.63, 3.8) is 0 Å². The Balaban J connectivity index is 1.71. The van der Waals surface area contributed by atoms with E-state index in [4.69, 9.17) is 9.47 Å². The zero-order valence-electron chi connectivity index (χ0n) is 19.2. The van der Waals surface area contributed by atoms with Crippen LogP contribution in [0.3, 0.4) is 0 Å². The van der Waals surface area contributed by atoms with Crippen LogP contribution in [0, 0.1) is 34.5 Å². The molecule has 0 aromatic carbocycles. The Morgan fingerprint density at radius 1 is 1.12 bits per heavy atom. The van der Waals surface area contributed by atoms with E-state index in [1.807, 2.05) is 6.08 Å². The maximum atomic E-state index is 13.1. The number of hydrogen-bond donors (Lipinski definition) is 0. The van der Waals surface area contributed by atoms with Gasteiger partial charge in [0.15, 0.2) is 11.6 Å². The number of rotatable bonds is 5. The maximum Gasteiger partial charge on any atom is 0.303 e. The number of Topliss-reactive ketones (excluding diaryl/α,β-unsaturated/α-hetero) is 1. The van der Waals surface area contributed by atoms with Gasteiger partial charge in [0.1, 0.15) is 12.7 Å². The molecule has 176 valence electrons. The lowest BCUT2D eigenvalue weighted by Crippen LogP contribution is -2.59. The van der Waals surface area contributed by atoms with Crippen molar-refractivity contribution in [1.82, 2.24) is 0 Å². The summed E-state index contributed by atoms with van der Waals surface area (Å²) in [5.41, 5.74) is 0.824. The fourth-order valence-corrected chi connectivity index (χ4v) is 9.18. The largest absolute Gasteiger partial charge is 0.462 e. The minimum Gasteiger partial charge on any atom is -0.462 e. The molecule has 0 amide bonds. The van der Waals surface area contributed by atoms with Crippen LogP contribution in [0.1, 0.15) is 65.7 Å². The molecule has 0 saturated heterocycles. The molecular weight excluding hydrogens is 523 g/mol. The molecule has 0 radical (unpaired) electrons. The third-order valence-electron chi connectivity index (χ3n) is 8.97. The van der Waals surface area contributed by atoms with Crippen LogP contribution in [-0.4, -0.2) is 40.6 Å². The van der Waals surface area contributed by atoms with Crippen molar-refractivity contribution < 1.29 is 28.7 Å². The van der Waals surface area contributed by atoms with Crippen LogP contribution in [-0.2, 0) is 28.7 Å². The molecule has 0 N–H and O–H groups in total. The molecule has 0 heterocycles. The summed E-state index contributed by atoms with van der Waals surface area (Å²) in [7, 11) is 0. The van der Waals surface area contributed by atoms with Crippen LogP contribution in [0.2, 0.25) is 0 Å².